The molecule has 3 heterocycles. The molecule has 124 valence electrons. The molecule has 24 heavy (non-hydrogen) atoms. The smallest absolute Gasteiger partial charge is 0.127 e. The van der Waals surface area contributed by atoms with Crippen LogP contribution in [-0.2, 0) is 6.61 Å². The maximum absolute atomic E-state index is 6.13. The lowest BCUT2D eigenvalue weighted by Crippen LogP contribution is -2.30. The molecule has 1 aromatic heterocycles. The second-order valence-electron chi connectivity index (χ2n) is 6.71. The van der Waals surface area contributed by atoms with Gasteiger partial charge in [-0.15, -0.1) is 0 Å². The molecule has 0 radical (unpaired) electrons. The number of benzene rings is 1. The van der Waals surface area contributed by atoms with Crippen LogP contribution in [0.5, 0.6) is 5.75 Å². The first-order valence-electron chi connectivity index (χ1n) is 8.88. The monoisotopic (exact) mass is 320 g/mol. The predicted molar refractivity (Wildman–Crippen MR) is 97.1 cm³/mol. The van der Waals surface area contributed by atoms with Gasteiger partial charge in [0.2, 0.25) is 0 Å². The molecule has 1 saturated heterocycles. The number of hydrogen-bond acceptors (Lipinski definition) is 3. The van der Waals surface area contributed by atoms with Crippen LogP contribution >= 0.6 is 0 Å². The van der Waals surface area contributed by atoms with E-state index in [0.717, 1.165) is 43.9 Å². The number of hydrogen-bond donors (Lipinski definition) is 0. The summed E-state index contributed by atoms with van der Waals surface area (Å²) in [5.41, 5.74) is 7.58. The number of piperidine rings is 1. The van der Waals surface area contributed by atoms with Gasteiger partial charge < -0.3 is 9.64 Å². The second kappa shape index (κ2) is 6.40. The first-order valence-corrected chi connectivity index (χ1v) is 8.88. The Morgan fingerprint density at radius 3 is 2.79 bits per heavy atom. The number of pyridine rings is 1. The molecule has 0 spiro atoms. The normalized spacial score (nSPS) is 17.8. The molecular weight excluding hydrogens is 296 g/mol. The Morgan fingerprint density at radius 1 is 1.17 bits per heavy atom. The zero-order valence-corrected chi connectivity index (χ0v) is 14.5. The molecule has 4 rings (SSSR count). The summed E-state index contributed by atoms with van der Waals surface area (Å²) in [6, 6.07) is 10.7. The molecule has 2 aliphatic heterocycles. The van der Waals surface area contributed by atoms with Gasteiger partial charge in [-0.2, -0.15) is 0 Å². The number of nitrogens with zero attached hydrogens (tertiary/aromatic N) is 2. The van der Waals surface area contributed by atoms with Crippen LogP contribution in [0.25, 0.3) is 5.57 Å². The molecule has 0 bridgehead atoms. The average molecular weight is 320 g/mol. The average Bonchev–Trinajstić information content (AvgIpc) is 2.78. The maximum Gasteiger partial charge on any atom is 0.127 e. The van der Waals surface area contributed by atoms with Crippen LogP contribution in [0.15, 0.2) is 42.1 Å². The highest BCUT2D eigenvalue weighted by Crippen LogP contribution is 2.40. The number of aromatic nitrogens is 1. The minimum absolute atomic E-state index is 0.595. The molecule has 3 nitrogen and oxygen atoms in total. The van der Waals surface area contributed by atoms with E-state index in [0.29, 0.717) is 6.61 Å². The zero-order valence-electron chi connectivity index (χ0n) is 14.5. The molecule has 0 saturated carbocycles. The van der Waals surface area contributed by atoms with E-state index in [1.54, 1.807) is 0 Å². The number of aryl methyl sites for hydroxylation is 1. The van der Waals surface area contributed by atoms with Gasteiger partial charge in [-0.1, -0.05) is 30.7 Å². The van der Waals surface area contributed by atoms with E-state index in [1.165, 1.54) is 27.8 Å². The number of rotatable bonds is 1. The molecule has 1 aromatic carbocycles. The number of ether oxygens (including phenoxy) is 1. The van der Waals surface area contributed by atoms with E-state index < -0.39 is 0 Å². The van der Waals surface area contributed by atoms with Crippen LogP contribution < -0.4 is 4.74 Å². The van der Waals surface area contributed by atoms with Gasteiger partial charge in [0.05, 0.1) is 5.69 Å². The zero-order chi connectivity index (χ0) is 16.5. The Morgan fingerprint density at radius 2 is 2.00 bits per heavy atom. The summed E-state index contributed by atoms with van der Waals surface area (Å²) in [5, 5.41) is 0. The van der Waals surface area contributed by atoms with Gasteiger partial charge in [-0.05, 0) is 44.0 Å². The van der Waals surface area contributed by atoms with Crippen molar-refractivity contribution in [1.29, 1.82) is 0 Å². The Balaban J connectivity index is 1.88. The first kappa shape index (κ1) is 15.4. The Labute approximate surface area is 144 Å². The van der Waals surface area contributed by atoms with Crippen molar-refractivity contribution in [2.24, 2.45) is 0 Å². The van der Waals surface area contributed by atoms with E-state index in [4.69, 9.17) is 9.72 Å². The van der Waals surface area contributed by atoms with Crippen LogP contribution in [0.1, 0.15) is 42.1 Å². The van der Waals surface area contributed by atoms with E-state index in [1.807, 2.05) is 12.3 Å². The predicted octanol–water partition coefficient (Wildman–Crippen LogP) is 4.20. The van der Waals surface area contributed by atoms with Crippen molar-refractivity contribution in [2.45, 2.75) is 33.3 Å². The topological polar surface area (TPSA) is 25.4 Å². The van der Waals surface area contributed by atoms with Crippen molar-refractivity contribution in [1.82, 2.24) is 9.88 Å². The van der Waals surface area contributed by atoms with E-state index >= 15 is 0 Å². The lowest BCUT2D eigenvalue weighted by molar-refractivity contribution is 0.270. The molecule has 0 unspecified atom stereocenters. The first-order chi connectivity index (χ1) is 11.8. The Kier molecular flexibility index (Phi) is 4.11. The Bertz CT molecular complexity index is 784. The lowest BCUT2D eigenvalue weighted by atomic mass is 9.89. The molecule has 3 heteroatoms. The van der Waals surface area contributed by atoms with Crippen molar-refractivity contribution >= 4 is 5.57 Å². The molecule has 2 aliphatic rings. The van der Waals surface area contributed by atoms with Crippen molar-refractivity contribution in [3.63, 3.8) is 0 Å². The second-order valence-corrected chi connectivity index (χ2v) is 6.71. The molecule has 2 aromatic rings. The quantitative estimate of drug-likeness (QED) is 0.787. The third kappa shape index (κ3) is 2.73. The SMILES string of the molecule is CCN1CCC(=C2c3ccc(C)cc3OCc3cccnc32)CC1. The van der Waals surface area contributed by atoms with Crippen LogP contribution in [0, 0.1) is 6.92 Å². The van der Waals surface area contributed by atoms with Gasteiger partial charge in [0, 0.05) is 36.0 Å². The van der Waals surface area contributed by atoms with Gasteiger partial charge in [-0.25, -0.2) is 0 Å². The minimum Gasteiger partial charge on any atom is -0.488 e. The van der Waals surface area contributed by atoms with E-state index in [-0.39, 0.29) is 0 Å². The van der Waals surface area contributed by atoms with Crippen molar-refractivity contribution in [3.05, 3.63) is 64.5 Å². The summed E-state index contributed by atoms with van der Waals surface area (Å²) in [6.07, 6.45) is 4.14. The van der Waals surface area contributed by atoms with Gasteiger partial charge in [0.1, 0.15) is 12.4 Å². The van der Waals surface area contributed by atoms with Crippen LogP contribution in [0.2, 0.25) is 0 Å². The summed E-state index contributed by atoms with van der Waals surface area (Å²) < 4.78 is 6.13. The third-order valence-corrected chi connectivity index (χ3v) is 5.18. The fraction of sp³-hybridized carbons (Fsp3) is 0.381. The van der Waals surface area contributed by atoms with Gasteiger partial charge in [-0.3, -0.25) is 4.98 Å². The summed E-state index contributed by atoms with van der Waals surface area (Å²) in [4.78, 5) is 7.27. The lowest BCUT2D eigenvalue weighted by Gasteiger charge is -2.29. The highest BCUT2D eigenvalue weighted by Gasteiger charge is 2.25. The third-order valence-electron chi connectivity index (χ3n) is 5.18. The minimum atomic E-state index is 0.595. The van der Waals surface area contributed by atoms with E-state index in [2.05, 4.69) is 43.0 Å². The van der Waals surface area contributed by atoms with Crippen molar-refractivity contribution < 1.29 is 4.74 Å². The molecule has 0 N–H and O–H groups in total. The number of likely N-dealkylation sites (tertiary alicyclic amines) is 1. The Hall–Kier alpha value is -2.13. The van der Waals surface area contributed by atoms with Crippen LogP contribution in [0.3, 0.4) is 0 Å². The highest BCUT2D eigenvalue weighted by atomic mass is 16.5. The highest BCUT2D eigenvalue weighted by molar-refractivity contribution is 5.85. The number of fused-ring (bicyclic) bond motifs is 2. The standard InChI is InChI=1S/C21H24N2O/c1-3-23-11-8-16(9-12-23)20-18-7-6-15(2)13-19(18)24-14-17-5-4-10-22-21(17)20/h4-7,10,13H,3,8-9,11-12,14H2,1-2H3. The fourth-order valence-corrected chi connectivity index (χ4v) is 3.77. The van der Waals surface area contributed by atoms with Crippen molar-refractivity contribution in [3.8, 4) is 5.75 Å². The molecule has 0 atom stereocenters. The summed E-state index contributed by atoms with van der Waals surface area (Å²) in [7, 11) is 0. The summed E-state index contributed by atoms with van der Waals surface area (Å²) >= 11 is 0. The van der Waals surface area contributed by atoms with Crippen molar-refractivity contribution in [2.75, 3.05) is 19.6 Å². The van der Waals surface area contributed by atoms with Gasteiger partial charge in [0.25, 0.3) is 0 Å². The summed E-state index contributed by atoms with van der Waals surface area (Å²) in [6.45, 7) is 8.37. The van der Waals surface area contributed by atoms with Gasteiger partial charge >= 0.3 is 0 Å². The molecular formula is C21H24N2O. The molecule has 0 aliphatic carbocycles. The van der Waals surface area contributed by atoms with Crippen LogP contribution in [-0.4, -0.2) is 29.5 Å². The van der Waals surface area contributed by atoms with Crippen LogP contribution in [0.4, 0.5) is 0 Å². The molecule has 0 amide bonds. The summed E-state index contributed by atoms with van der Waals surface area (Å²) in [5.74, 6) is 0.994. The largest absolute Gasteiger partial charge is 0.488 e. The maximum atomic E-state index is 6.13. The van der Waals surface area contributed by atoms with Gasteiger partial charge in [0.15, 0.2) is 0 Å². The van der Waals surface area contributed by atoms with E-state index in [9.17, 15) is 0 Å². The fourth-order valence-electron chi connectivity index (χ4n) is 3.77. The molecule has 1 fully saturated rings.